The van der Waals surface area contributed by atoms with Gasteiger partial charge in [0.05, 0.1) is 32.4 Å². The van der Waals surface area contributed by atoms with E-state index in [1.54, 1.807) is 13.1 Å². The van der Waals surface area contributed by atoms with Crippen molar-refractivity contribution in [3.63, 3.8) is 0 Å². The number of Topliss-reactive ketones (excluding diaryl/α,β-unsaturated/α-hetero) is 1. The summed E-state index contributed by atoms with van der Waals surface area (Å²) in [5.41, 5.74) is 7.91. The van der Waals surface area contributed by atoms with Crippen LogP contribution >= 0.6 is 11.3 Å². The summed E-state index contributed by atoms with van der Waals surface area (Å²) in [6.07, 6.45) is 5.48. The molecule has 0 unspecified atom stereocenters. The van der Waals surface area contributed by atoms with Gasteiger partial charge in [0, 0.05) is 41.6 Å². The molecule has 9 heteroatoms. The summed E-state index contributed by atoms with van der Waals surface area (Å²) in [7, 11) is 0. The number of pyridine rings is 3. The molecule has 0 bridgehead atoms. The van der Waals surface area contributed by atoms with Crippen LogP contribution in [0.3, 0.4) is 0 Å². The third-order valence-corrected chi connectivity index (χ3v) is 7.26. The normalized spacial score (nSPS) is 11.5. The van der Waals surface area contributed by atoms with Crippen LogP contribution in [0.5, 0.6) is 0 Å². The van der Waals surface area contributed by atoms with E-state index in [9.17, 15) is 4.79 Å². The first-order chi connectivity index (χ1) is 17.6. The van der Waals surface area contributed by atoms with Crippen molar-refractivity contribution in [3.05, 3.63) is 71.5 Å². The quantitative estimate of drug-likeness (QED) is 0.249. The van der Waals surface area contributed by atoms with Crippen molar-refractivity contribution in [2.24, 2.45) is 0 Å². The number of hydrogen-bond donors (Lipinski definition) is 3. The Bertz CT molecular complexity index is 1730. The van der Waals surface area contributed by atoms with Gasteiger partial charge in [-0.15, -0.1) is 11.3 Å². The molecule has 0 saturated carbocycles. The van der Waals surface area contributed by atoms with Gasteiger partial charge in [0.2, 0.25) is 0 Å². The molecule has 0 atom stereocenters. The number of nitrogens with one attached hydrogen (secondary N) is 3. The Balaban J connectivity index is 1.42. The summed E-state index contributed by atoms with van der Waals surface area (Å²) in [5.74, 6) is 0.0559. The van der Waals surface area contributed by atoms with Gasteiger partial charge in [-0.2, -0.15) is 5.10 Å². The Morgan fingerprint density at radius 3 is 2.81 bits per heavy atom. The van der Waals surface area contributed by atoms with Crippen LogP contribution in [0.2, 0.25) is 0 Å². The molecule has 0 aliphatic rings. The van der Waals surface area contributed by atoms with E-state index in [1.165, 1.54) is 11.3 Å². The lowest BCUT2D eigenvalue weighted by Crippen LogP contribution is -2.11. The van der Waals surface area contributed by atoms with Crippen molar-refractivity contribution in [2.75, 3.05) is 6.54 Å². The molecule has 6 heterocycles. The highest BCUT2D eigenvalue weighted by molar-refractivity contribution is 7.17. The second-order valence-corrected chi connectivity index (χ2v) is 9.63. The van der Waals surface area contributed by atoms with E-state index in [1.807, 2.05) is 48.8 Å². The van der Waals surface area contributed by atoms with Gasteiger partial charge in [-0.3, -0.25) is 19.9 Å². The second-order valence-electron chi connectivity index (χ2n) is 8.55. The van der Waals surface area contributed by atoms with Crippen molar-refractivity contribution < 1.29 is 4.79 Å². The maximum absolute atomic E-state index is 11.8. The molecule has 0 fully saturated rings. The van der Waals surface area contributed by atoms with E-state index < -0.39 is 0 Å². The van der Waals surface area contributed by atoms with Crippen LogP contribution < -0.4 is 5.32 Å². The van der Waals surface area contributed by atoms with Gasteiger partial charge in [-0.25, -0.2) is 4.98 Å². The molecule has 6 rings (SSSR count). The van der Waals surface area contributed by atoms with Crippen molar-refractivity contribution in [1.82, 2.24) is 35.5 Å². The summed E-state index contributed by atoms with van der Waals surface area (Å²) < 4.78 is 0. The zero-order valence-electron chi connectivity index (χ0n) is 19.8. The Morgan fingerprint density at radius 2 is 1.97 bits per heavy atom. The van der Waals surface area contributed by atoms with E-state index in [0.717, 1.165) is 78.7 Å². The van der Waals surface area contributed by atoms with Gasteiger partial charge in [0.1, 0.15) is 11.2 Å². The molecule has 0 aliphatic carbocycles. The number of thiophene rings is 1. The number of carbonyl (C=O) groups is 1. The molecular weight excluding hydrogens is 470 g/mol. The summed E-state index contributed by atoms with van der Waals surface area (Å²) in [5, 5.41) is 12.0. The highest BCUT2D eigenvalue weighted by atomic mass is 32.1. The molecule has 3 N–H and O–H groups in total. The Labute approximate surface area is 210 Å². The van der Waals surface area contributed by atoms with Crippen molar-refractivity contribution in [3.8, 4) is 33.2 Å². The second kappa shape index (κ2) is 9.10. The lowest BCUT2D eigenvalue weighted by Gasteiger charge is -2.05. The minimum atomic E-state index is 0.0559. The average Bonchev–Trinajstić information content (AvgIpc) is 3.64. The Kier molecular flexibility index (Phi) is 5.63. The number of fused-ring (bicyclic) bond motifs is 2. The number of hydrogen-bond acceptors (Lipinski definition) is 7. The molecule has 8 nitrogen and oxygen atoms in total. The van der Waals surface area contributed by atoms with E-state index >= 15 is 0 Å². The average molecular weight is 494 g/mol. The zero-order valence-corrected chi connectivity index (χ0v) is 20.6. The number of aromatic nitrogens is 6. The third kappa shape index (κ3) is 3.98. The molecular formula is C27H23N7OS. The van der Waals surface area contributed by atoms with Crippen LogP contribution in [0.4, 0.5) is 0 Å². The van der Waals surface area contributed by atoms with Gasteiger partial charge in [0.25, 0.3) is 0 Å². The van der Waals surface area contributed by atoms with Gasteiger partial charge in [-0.05, 0) is 61.5 Å². The maximum Gasteiger partial charge on any atom is 0.169 e. The summed E-state index contributed by atoms with van der Waals surface area (Å²) in [4.78, 5) is 30.9. The molecule has 0 amide bonds. The zero-order chi connectivity index (χ0) is 24.6. The molecule has 0 saturated heterocycles. The van der Waals surface area contributed by atoms with Crippen LogP contribution in [-0.4, -0.2) is 42.5 Å². The summed E-state index contributed by atoms with van der Waals surface area (Å²) in [6, 6.07) is 13.9. The highest BCUT2D eigenvalue weighted by Gasteiger charge is 2.17. The fourth-order valence-electron chi connectivity index (χ4n) is 4.27. The SMILES string of the molecule is CCNCc1cncc(-c2ccc3[nH]nc(-c4cc5c(-c6ccc(C(C)=O)s6)nccc5[nH]4)c3n2)c1. The van der Waals surface area contributed by atoms with Gasteiger partial charge < -0.3 is 10.3 Å². The van der Waals surface area contributed by atoms with Crippen LogP contribution in [-0.2, 0) is 6.54 Å². The largest absolute Gasteiger partial charge is 0.353 e. The van der Waals surface area contributed by atoms with Gasteiger partial charge in [-0.1, -0.05) is 6.92 Å². The van der Waals surface area contributed by atoms with Gasteiger partial charge >= 0.3 is 0 Å². The van der Waals surface area contributed by atoms with Crippen LogP contribution in [0.25, 0.3) is 55.2 Å². The molecule has 6 aromatic heterocycles. The van der Waals surface area contributed by atoms with Crippen molar-refractivity contribution in [1.29, 1.82) is 0 Å². The molecule has 6 aromatic rings. The molecule has 0 spiro atoms. The van der Waals surface area contributed by atoms with E-state index in [2.05, 4.69) is 43.5 Å². The predicted octanol–water partition coefficient (Wildman–Crippen LogP) is 5.60. The number of carbonyl (C=O) groups excluding carboxylic acids is 1. The van der Waals surface area contributed by atoms with Crippen molar-refractivity contribution >= 4 is 39.1 Å². The van der Waals surface area contributed by atoms with E-state index in [4.69, 9.17) is 4.98 Å². The van der Waals surface area contributed by atoms with Crippen LogP contribution in [0.1, 0.15) is 29.1 Å². The minimum absolute atomic E-state index is 0.0559. The third-order valence-electron chi connectivity index (χ3n) is 6.07. The first-order valence-electron chi connectivity index (χ1n) is 11.7. The molecule has 36 heavy (non-hydrogen) atoms. The number of nitrogens with zero attached hydrogens (tertiary/aromatic N) is 4. The minimum Gasteiger partial charge on any atom is -0.353 e. The predicted molar refractivity (Wildman–Crippen MR) is 143 cm³/mol. The summed E-state index contributed by atoms with van der Waals surface area (Å²) >= 11 is 1.45. The van der Waals surface area contributed by atoms with Gasteiger partial charge in [0.15, 0.2) is 5.78 Å². The molecule has 0 radical (unpaired) electrons. The van der Waals surface area contributed by atoms with E-state index in [-0.39, 0.29) is 5.78 Å². The molecule has 0 aliphatic heterocycles. The lowest BCUT2D eigenvalue weighted by atomic mass is 10.1. The standard InChI is InChI=1S/C27H23N7OS/c1-3-28-12-16-10-17(14-29-13-16)19-4-5-21-26(32-19)27(34-33-21)22-11-18-20(31-22)8-9-30-25(18)24-7-6-23(36-24)15(2)35/h4-11,13-14,28,31H,3,12H2,1-2H3,(H,33,34). The number of rotatable bonds is 7. The fraction of sp³-hybridized carbons (Fsp3) is 0.148. The number of H-pyrrole nitrogens is 2. The fourth-order valence-corrected chi connectivity index (χ4v) is 5.19. The lowest BCUT2D eigenvalue weighted by molar-refractivity contribution is 0.102. The topological polar surface area (TPSA) is 112 Å². The van der Waals surface area contributed by atoms with Crippen LogP contribution in [0, 0.1) is 0 Å². The maximum atomic E-state index is 11.8. The van der Waals surface area contributed by atoms with Crippen LogP contribution in [0.15, 0.2) is 61.1 Å². The molecule has 178 valence electrons. The summed E-state index contributed by atoms with van der Waals surface area (Å²) in [6.45, 7) is 5.33. The molecule has 0 aromatic carbocycles. The smallest absolute Gasteiger partial charge is 0.169 e. The Hall–Kier alpha value is -4.21. The number of aromatic amines is 2. The number of ketones is 1. The first kappa shape index (κ1) is 22.3. The van der Waals surface area contributed by atoms with E-state index in [0.29, 0.717) is 0 Å². The van der Waals surface area contributed by atoms with Crippen molar-refractivity contribution in [2.45, 2.75) is 20.4 Å². The highest BCUT2D eigenvalue weighted by Crippen LogP contribution is 2.35. The monoisotopic (exact) mass is 493 g/mol. The Morgan fingerprint density at radius 1 is 1.06 bits per heavy atom. The first-order valence-corrected chi connectivity index (χ1v) is 12.5.